The first-order valence-corrected chi connectivity index (χ1v) is 10.2. The first-order valence-electron chi connectivity index (χ1n) is 9.21. The number of rotatable bonds is 7. The van der Waals surface area contributed by atoms with Crippen molar-refractivity contribution >= 4 is 29.3 Å². The predicted molar refractivity (Wildman–Crippen MR) is 106 cm³/mol. The van der Waals surface area contributed by atoms with Gasteiger partial charge in [0.25, 0.3) is 0 Å². The van der Waals surface area contributed by atoms with Crippen molar-refractivity contribution in [1.29, 1.82) is 0 Å². The summed E-state index contributed by atoms with van der Waals surface area (Å²) < 4.78 is 13.0. The maximum Gasteiger partial charge on any atom is 0.232 e. The summed E-state index contributed by atoms with van der Waals surface area (Å²) in [7, 11) is 0. The normalized spacial score (nSPS) is 14.5. The number of nitrogens with two attached hydrogens (primary N) is 1. The minimum atomic E-state index is -0.309. The number of aromatic amines is 1. The largest absolute Gasteiger partial charge is 0.368 e. The molecule has 8 nitrogen and oxygen atoms in total. The van der Waals surface area contributed by atoms with E-state index in [4.69, 9.17) is 5.73 Å². The molecule has 1 aliphatic rings. The van der Waals surface area contributed by atoms with Crippen LogP contribution in [0.1, 0.15) is 37.3 Å². The Kier molecular flexibility index (Phi) is 5.65. The SMILES string of the molecule is Nc1nc(CSc2n[nH]c(CC3CCCC3)n2)nc(Nc2ccc(F)cc2)n1. The van der Waals surface area contributed by atoms with E-state index in [9.17, 15) is 4.39 Å². The fourth-order valence-corrected chi connectivity index (χ4v) is 3.94. The molecule has 10 heteroatoms. The van der Waals surface area contributed by atoms with Crippen molar-refractivity contribution < 1.29 is 4.39 Å². The molecule has 2 heterocycles. The first kappa shape index (κ1) is 18.6. The van der Waals surface area contributed by atoms with Gasteiger partial charge < -0.3 is 11.1 Å². The second-order valence-electron chi connectivity index (χ2n) is 6.77. The van der Waals surface area contributed by atoms with Gasteiger partial charge in [0, 0.05) is 12.1 Å². The Hall–Kier alpha value is -2.75. The molecule has 1 fully saturated rings. The number of nitrogens with zero attached hydrogens (tertiary/aromatic N) is 5. The van der Waals surface area contributed by atoms with E-state index in [0.717, 1.165) is 12.2 Å². The van der Waals surface area contributed by atoms with Gasteiger partial charge in [-0.05, 0) is 30.2 Å². The summed E-state index contributed by atoms with van der Waals surface area (Å²) in [5, 5.41) is 11.0. The highest BCUT2D eigenvalue weighted by atomic mass is 32.2. The van der Waals surface area contributed by atoms with E-state index in [1.54, 1.807) is 12.1 Å². The molecule has 0 amide bonds. The molecule has 0 saturated heterocycles. The molecule has 0 unspecified atom stereocenters. The molecule has 1 aliphatic carbocycles. The monoisotopic (exact) mass is 400 g/mol. The van der Waals surface area contributed by atoms with Crippen LogP contribution in [-0.2, 0) is 12.2 Å². The summed E-state index contributed by atoms with van der Waals surface area (Å²) in [5.74, 6) is 2.75. The third-order valence-corrected chi connectivity index (χ3v) is 5.44. The minimum Gasteiger partial charge on any atom is -0.368 e. The van der Waals surface area contributed by atoms with Gasteiger partial charge in [-0.1, -0.05) is 37.4 Å². The molecular weight excluding hydrogens is 379 g/mol. The maximum absolute atomic E-state index is 13.0. The first-order chi connectivity index (χ1) is 13.6. The van der Waals surface area contributed by atoms with Crippen molar-refractivity contribution in [2.45, 2.75) is 43.0 Å². The van der Waals surface area contributed by atoms with Gasteiger partial charge in [0.15, 0.2) is 0 Å². The number of aromatic nitrogens is 6. The average Bonchev–Trinajstić information content (AvgIpc) is 3.34. The van der Waals surface area contributed by atoms with Crippen LogP contribution in [0, 0.1) is 11.7 Å². The molecule has 1 saturated carbocycles. The molecule has 1 aromatic carbocycles. The molecule has 146 valence electrons. The van der Waals surface area contributed by atoms with Crippen molar-refractivity contribution in [3.63, 3.8) is 0 Å². The zero-order valence-electron chi connectivity index (χ0n) is 15.2. The molecular formula is C18H21FN8S. The third kappa shape index (κ3) is 4.94. The van der Waals surface area contributed by atoms with Gasteiger partial charge >= 0.3 is 0 Å². The van der Waals surface area contributed by atoms with Gasteiger partial charge in [0.05, 0.1) is 5.75 Å². The van der Waals surface area contributed by atoms with Crippen LogP contribution in [0.3, 0.4) is 0 Å². The van der Waals surface area contributed by atoms with Crippen LogP contribution in [0.4, 0.5) is 22.0 Å². The lowest BCUT2D eigenvalue weighted by atomic mass is 10.0. The molecule has 3 aromatic rings. The number of nitrogen functional groups attached to an aromatic ring is 1. The number of hydrogen-bond acceptors (Lipinski definition) is 8. The standard InChI is InChI=1S/C18H21FN8S/c19-12-5-7-13(8-6-12)21-17-23-15(22-16(20)25-17)10-28-18-24-14(26-27-18)9-11-3-1-2-4-11/h5-8,11H,1-4,9-10H2,(H,24,26,27)(H3,20,21,22,23,25). The van der Waals surface area contributed by atoms with Crippen LogP contribution in [0.2, 0.25) is 0 Å². The van der Waals surface area contributed by atoms with Gasteiger partial charge in [-0.3, -0.25) is 5.10 Å². The Labute approximate surface area is 166 Å². The number of nitrogens with one attached hydrogen (secondary N) is 2. The van der Waals surface area contributed by atoms with Crippen molar-refractivity contribution in [1.82, 2.24) is 30.1 Å². The topological polar surface area (TPSA) is 118 Å². The fraction of sp³-hybridized carbons (Fsp3) is 0.389. The fourth-order valence-electron chi connectivity index (χ4n) is 3.27. The Balaban J connectivity index is 1.37. The minimum absolute atomic E-state index is 0.118. The summed E-state index contributed by atoms with van der Waals surface area (Å²) >= 11 is 1.44. The molecule has 0 atom stereocenters. The molecule has 0 radical (unpaired) electrons. The summed E-state index contributed by atoms with van der Waals surface area (Å²) in [4.78, 5) is 17.2. The van der Waals surface area contributed by atoms with Crippen molar-refractivity contribution in [3.8, 4) is 0 Å². The highest BCUT2D eigenvalue weighted by molar-refractivity contribution is 7.98. The van der Waals surface area contributed by atoms with Crippen LogP contribution in [-0.4, -0.2) is 30.1 Å². The number of H-pyrrole nitrogens is 1. The van der Waals surface area contributed by atoms with Gasteiger partial charge in [0.1, 0.15) is 17.5 Å². The molecule has 0 aliphatic heterocycles. The lowest BCUT2D eigenvalue weighted by Crippen LogP contribution is -2.06. The van der Waals surface area contributed by atoms with Gasteiger partial charge in [-0.25, -0.2) is 9.37 Å². The lowest BCUT2D eigenvalue weighted by Gasteiger charge is -2.07. The zero-order valence-corrected chi connectivity index (χ0v) is 16.0. The summed E-state index contributed by atoms with van der Waals surface area (Å²) in [6.45, 7) is 0. The van der Waals surface area contributed by atoms with E-state index in [-0.39, 0.29) is 11.8 Å². The number of benzene rings is 1. The van der Waals surface area contributed by atoms with E-state index >= 15 is 0 Å². The van der Waals surface area contributed by atoms with E-state index < -0.39 is 0 Å². The summed E-state index contributed by atoms with van der Waals surface area (Å²) in [5.41, 5.74) is 6.46. The van der Waals surface area contributed by atoms with E-state index in [1.807, 2.05) is 0 Å². The molecule has 0 bridgehead atoms. The second kappa shape index (κ2) is 8.51. The Morgan fingerprint density at radius 3 is 2.68 bits per heavy atom. The Morgan fingerprint density at radius 2 is 1.89 bits per heavy atom. The molecule has 28 heavy (non-hydrogen) atoms. The molecule has 4 N–H and O–H groups in total. The van der Waals surface area contributed by atoms with Crippen LogP contribution in [0.5, 0.6) is 0 Å². The van der Waals surface area contributed by atoms with Crippen molar-refractivity contribution in [3.05, 3.63) is 41.7 Å². The highest BCUT2D eigenvalue weighted by Gasteiger charge is 2.17. The van der Waals surface area contributed by atoms with Gasteiger partial charge in [-0.15, -0.1) is 5.10 Å². The van der Waals surface area contributed by atoms with Crippen molar-refractivity contribution in [2.24, 2.45) is 5.92 Å². The Morgan fingerprint density at radius 1 is 1.11 bits per heavy atom. The van der Waals surface area contributed by atoms with Crippen LogP contribution >= 0.6 is 11.8 Å². The second-order valence-corrected chi connectivity index (χ2v) is 7.72. The van der Waals surface area contributed by atoms with Crippen LogP contribution in [0.25, 0.3) is 0 Å². The van der Waals surface area contributed by atoms with Gasteiger partial charge in [-0.2, -0.15) is 15.0 Å². The highest BCUT2D eigenvalue weighted by Crippen LogP contribution is 2.27. The quantitative estimate of drug-likeness (QED) is 0.516. The summed E-state index contributed by atoms with van der Waals surface area (Å²) in [6.07, 6.45) is 6.14. The van der Waals surface area contributed by atoms with E-state index in [1.165, 1.54) is 49.6 Å². The average molecular weight is 400 g/mol. The predicted octanol–water partition coefficient (Wildman–Crippen LogP) is 3.48. The maximum atomic E-state index is 13.0. The van der Waals surface area contributed by atoms with Crippen molar-refractivity contribution in [2.75, 3.05) is 11.1 Å². The lowest BCUT2D eigenvalue weighted by molar-refractivity contribution is 0.531. The van der Waals surface area contributed by atoms with E-state index in [0.29, 0.717) is 34.3 Å². The van der Waals surface area contributed by atoms with Gasteiger partial charge in [0.2, 0.25) is 17.1 Å². The van der Waals surface area contributed by atoms with Crippen LogP contribution < -0.4 is 11.1 Å². The third-order valence-electron chi connectivity index (χ3n) is 4.60. The zero-order chi connectivity index (χ0) is 19.3. The number of hydrogen-bond donors (Lipinski definition) is 3. The number of thioether (sulfide) groups is 1. The Bertz CT molecular complexity index is 924. The molecule has 2 aromatic heterocycles. The smallest absolute Gasteiger partial charge is 0.232 e. The summed E-state index contributed by atoms with van der Waals surface area (Å²) in [6, 6.07) is 5.92. The number of anilines is 3. The molecule has 0 spiro atoms. The van der Waals surface area contributed by atoms with E-state index in [2.05, 4.69) is 35.5 Å². The number of halogens is 1. The van der Waals surface area contributed by atoms with Crippen LogP contribution in [0.15, 0.2) is 29.4 Å². The molecule has 4 rings (SSSR count).